The highest BCUT2D eigenvalue weighted by atomic mass is 32.1. The van der Waals surface area contributed by atoms with E-state index in [2.05, 4.69) is 20.8 Å². The SMILES string of the molecule is CCOc1ccccc1OCCN(C(=O)O[C@@H]1C[C@H](C)CC[C@H]1C(C)C)[C@@H](C)Cc1ccc(OC)c(N)c1.O=S=O. The third kappa shape index (κ3) is 10.6. The lowest BCUT2D eigenvalue weighted by atomic mass is 9.75. The van der Waals surface area contributed by atoms with E-state index in [0.717, 1.165) is 18.4 Å². The molecule has 228 valence electrons. The van der Waals surface area contributed by atoms with Crippen molar-refractivity contribution < 1.29 is 32.2 Å². The van der Waals surface area contributed by atoms with Crippen molar-refractivity contribution in [2.24, 2.45) is 17.8 Å². The molecule has 0 saturated heterocycles. The van der Waals surface area contributed by atoms with Crippen molar-refractivity contribution in [2.45, 2.75) is 72.4 Å². The third-order valence-electron chi connectivity index (χ3n) is 7.54. The highest BCUT2D eigenvalue weighted by molar-refractivity contribution is 7.51. The average molecular weight is 591 g/mol. The second kappa shape index (κ2) is 17.5. The molecular formula is C31H46N2O7S. The summed E-state index contributed by atoms with van der Waals surface area (Å²) in [7, 11) is 1.60. The van der Waals surface area contributed by atoms with Crippen LogP contribution in [0.3, 0.4) is 0 Å². The number of nitrogens with zero attached hydrogens (tertiary/aromatic N) is 1. The number of amides is 1. The van der Waals surface area contributed by atoms with E-state index in [9.17, 15) is 4.79 Å². The molecule has 1 saturated carbocycles. The molecule has 3 rings (SSSR count). The van der Waals surface area contributed by atoms with Gasteiger partial charge in [-0.15, -0.1) is 0 Å². The van der Waals surface area contributed by atoms with Gasteiger partial charge >= 0.3 is 17.7 Å². The van der Waals surface area contributed by atoms with Crippen molar-refractivity contribution >= 4 is 23.4 Å². The first-order valence-corrected chi connectivity index (χ1v) is 15.0. The van der Waals surface area contributed by atoms with Crippen molar-refractivity contribution in [3.63, 3.8) is 0 Å². The average Bonchev–Trinajstić information content (AvgIpc) is 2.92. The molecule has 0 radical (unpaired) electrons. The van der Waals surface area contributed by atoms with Gasteiger partial charge in [-0.05, 0) is 80.7 Å². The predicted molar refractivity (Wildman–Crippen MR) is 161 cm³/mol. The molecule has 2 aromatic rings. The Morgan fingerprint density at radius 3 is 2.29 bits per heavy atom. The molecule has 1 aliphatic rings. The summed E-state index contributed by atoms with van der Waals surface area (Å²) in [5.41, 5.74) is 7.76. The highest BCUT2D eigenvalue weighted by Crippen LogP contribution is 2.36. The number of anilines is 1. The van der Waals surface area contributed by atoms with Gasteiger partial charge in [0.2, 0.25) is 0 Å². The molecule has 2 N–H and O–H groups in total. The predicted octanol–water partition coefficient (Wildman–Crippen LogP) is 5.92. The van der Waals surface area contributed by atoms with E-state index in [1.165, 1.54) is 6.42 Å². The number of hydrogen-bond acceptors (Lipinski definition) is 8. The van der Waals surface area contributed by atoms with E-state index in [1.807, 2.05) is 56.3 Å². The summed E-state index contributed by atoms with van der Waals surface area (Å²) in [6.07, 6.45) is 3.46. The summed E-state index contributed by atoms with van der Waals surface area (Å²) in [5, 5.41) is 0. The number of nitrogens with two attached hydrogens (primary N) is 1. The van der Waals surface area contributed by atoms with Crippen molar-refractivity contribution in [1.29, 1.82) is 0 Å². The van der Waals surface area contributed by atoms with Gasteiger partial charge in [-0.3, -0.25) is 0 Å². The molecule has 0 bridgehead atoms. The number of carbonyl (C=O) groups excluding carboxylic acids is 1. The topological polar surface area (TPSA) is 117 Å². The third-order valence-corrected chi connectivity index (χ3v) is 7.54. The summed E-state index contributed by atoms with van der Waals surface area (Å²) in [6, 6.07) is 13.2. The molecule has 9 nitrogen and oxygen atoms in total. The molecule has 0 heterocycles. The number of rotatable bonds is 12. The molecular weight excluding hydrogens is 544 g/mol. The number of nitrogen functional groups attached to an aromatic ring is 1. The first-order chi connectivity index (χ1) is 19.6. The number of hydrogen-bond donors (Lipinski definition) is 1. The van der Waals surface area contributed by atoms with Crippen LogP contribution in [0.15, 0.2) is 42.5 Å². The first kappa shape index (κ1) is 33.9. The van der Waals surface area contributed by atoms with Gasteiger partial charge in [-0.1, -0.05) is 45.4 Å². The van der Waals surface area contributed by atoms with E-state index in [1.54, 1.807) is 12.0 Å². The molecule has 1 aliphatic carbocycles. The van der Waals surface area contributed by atoms with E-state index in [0.29, 0.717) is 66.9 Å². The summed E-state index contributed by atoms with van der Waals surface area (Å²) in [6.45, 7) is 11.9. The fraction of sp³-hybridized carbons (Fsp3) is 0.581. The molecule has 0 unspecified atom stereocenters. The van der Waals surface area contributed by atoms with Crippen molar-refractivity contribution in [3.8, 4) is 17.2 Å². The Labute approximate surface area is 248 Å². The van der Waals surface area contributed by atoms with Crippen LogP contribution in [0.1, 0.15) is 59.4 Å². The van der Waals surface area contributed by atoms with E-state index < -0.39 is 11.6 Å². The number of benzene rings is 2. The number of methoxy groups -OCH3 is 1. The Hall–Kier alpha value is -3.27. The maximum absolute atomic E-state index is 13.7. The molecule has 1 amide bonds. The largest absolute Gasteiger partial charge is 0.495 e. The summed E-state index contributed by atoms with van der Waals surface area (Å²) < 4.78 is 39.9. The summed E-state index contributed by atoms with van der Waals surface area (Å²) in [5.74, 6) is 3.40. The minimum Gasteiger partial charge on any atom is -0.495 e. The van der Waals surface area contributed by atoms with E-state index in [-0.39, 0.29) is 18.2 Å². The molecule has 10 heteroatoms. The summed E-state index contributed by atoms with van der Waals surface area (Å²) in [4.78, 5) is 15.5. The van der Waals surface area contributed by atoms with Gasteiger partial charge < -0.3 is 29.6 Å². The Morgan fingerprint density at radius 1 is 1.05 bits per heavy atom. The molecule has 0 aromatic heterocycles. The second-order valence-corrected chi connectivity index (χ2v) is 11.0. The lowest BCUT2D eigenvalue weighted by Crippen LogP contribution is -2.46. The minimum absolute atomic E-state index is 0.0721. The fourth-order valence-corrected chi connectivity index (χ4v) is 5.40. The van der Waals surface area contributed by atoms with Gasteiger partial charge in [-0.2, -0.15) is 8.42 Å². The molecule has 1 fully saturated rings. The van der Waals surface area contributed by atoms with Gasteiger partial charge in [-0.25, -0.2) is 4.79 Å². The zero-order chi connectivity index (χ0) is 30.4. The monoisotopic (exact) mass is 590 g/mol. The van der Waals surface area contributed by atoms with Gasteiger partial charge in [0.05, 0.1) is 25.9 Å². The fourth-order valence-electron chi connectivity index (χ4n) is 5.40. The quantitative estimate of drug-likeness (QED) is 0.303. The number of para-hydroxylation sites is 2. The highest BCUT2D eigenvalue weighted by Gasteiger charge is 2.35. The van der Waals surface area contributed by atoms with Crippen LogP contribution in [0.25, 0.3) is 0 Å². The number of carbonyl (C=O) groups is 1. The molecule has 41 heavy (non-hydrogen) atoms. The smallest absolute Gasteiger partial charge is 0.410 e. The van der Waals surface area contributed by atoms with Crippen molar-refractivity contribution in [1.82, 2.24) is 4.90 Å². The Kier molecular flexibility index (Phi) is 14.5. The minimum atomic E-state index is -0.750. The normalized spacial score (nSPS) is 18.9. The standard InChI is InChI=1S/C31H46N2O5.O2S/c1-7-36-28-10-8-9-11-29(28)37-17-16-33(23(5)19-24-13-15-27(35-6)26(32)20-24)31(34)38-30-18-22(4)12-14-25(30)21(2)3;1-3-2/h8-11,13,15,20-23,25,30H,7,12,14,16-19,32H2,1-6H3;/t22-,23+,25+,30-;/m1./s1. The van der Waals surface area contributed by atoms with Gasteiger partial charge in [0.25, 0.3) is 0 Å². The zero-order valence-electron chi connectivity index (χ0n) is 25.2. The van der Waals surface area contributed by atoms with E-state index in [4.69, 9.17) is 33.1 Å². The van der Waals surface area contributed by atoms with Crippen LogP contribution < -0.4 is 19.9 Å². The van der Waals surface area contributed by atoms with E-state index >= 15 is 0 Å². The molecule has 2 aromatic carbocycles. The Balaban J connectivity index is 0.00000187. The van der Waals surface area contributed by atoms with Crippen LogP contribution in [-0.4, -0.2) is 58.4 Å². The van der Waals surface area contributed by atoms with Gasteiger partial charge in [0.1, 0.15) is 18.5 Å². The number of ether oxygens (including phenoxy) is 4. The van der Waals surface area contributed by atoms with Crippen LogP contribution in [0.2, 0.25) is 0 Å². The zero-order valence-corrected chi connectivity index (χ0v) is 26.0. The molecule has 4 atom stereocenters. The first-order valence-electron chi connectivity index (χ1n) is 14.3. The van der Waals surface area contributed by atoms with Crippen LogP contribution in [0.5, 0.6) is 17.2 Å². The van der Waals surface area contributed by atoms with Gasteiger partial charge in [0.15, 0.2) is 11.5 Å². The van der Waals surface area contributed by atoms with Crippen LogP contribution in [0, 0.1) is 17.8 Å². The maximum atomic E-state index is 13.7. The molecule has 0 aliphatic heterocycles. The Bertz CT molecular complexity index is 1120. The van der Waals surface area contributed by atoms with Crippen molar-refractivity contribution in [3.05, 3.63) is 48.0 Å². The lowest BCUT2D eigenvalue weighted by molar-refractivity contribution is -0.0160. The lowest BCUT2D eigenvalue weighted by Gasteiger charge is -2.38. The van der Waals surface area contributed by atoms with Crippen LogP contribution >= 0.6 is 0 Å². The summed E-state index contributed by atoms with van der Waals surface area (Å²) >= 11 is -0.750. The van der Waals surface area contributed by atoms with Gasteiger partial charge in [0, 0.05) is 6.04 Å². The maximum Gasteiger partial charge on any atom is 0.410 e. The Morgan fingerprint density at radius 2 is 1.71 bits per heavy atom. The van der Waals surface area contributed by atoms with Crippen molar-refractivity contribution in [2.75, 3.05) is 32.6 Å². The second-order valence-electron chi connectivity index (χ2n) is 10.9. The van der Waals surface area contributed by atoms with Crippen LogP contribution in [-0.2, 0) is 22.7 Å². The van der Waals surface area contributed by atoms with Crippen LogP contribution in [0.4, 0.5) is 10.5 Å². The molecule has 0 spiro atoms.